The van der Waals surface area contributed by atoms with Crippen LogP contribution >= 0.6 is 0 Å². The first-order valence-corrected chi connectivity index (χ1v) is 7.08. The van der Waals surface area contributed by atoms with E-state index in [9.17, 15) is 4.79 Å². The van der Waals surface area contributed by atoms with Gasteiger partial charge in [-0.1, -0.05) is 48.5 Å². The summed E-state index contributed by atoms with van der Waals surface area (Å²) >= 11 is 0. The Kier molecular flexibility index (Phi) is 3.88. The standard InChI is InChI=1S/C17H18N2O2/c18-16(12-6-2-1-3-7-12)17(20)19-14-10-11-21-15-9-5-4-8-13(14)15/h1-9,14,16H,10-11,18H2,(H,19,20)/t14?,16-/m0/s1. The highest BCUT2D eigenvalue weighted by Crippen LogP contribution is 2.31. The quantitative estimate of drug-likeness (QED) is 0.908. The smallest absolute Gasteiger partial charge is 0.241 e. The number of hydrogen-bond donors (Lipinski definition) is 2. The maximum Gasteiger partial charge on any atom is 0.241 e. The molecular weight excluding hydrogens is 264 g/mol. The van der Waals surface area contributed by atoms with Crippen LogP contribution in [-0.2, 0) is 4.79 Å². The molecule has 3 N–H and O–H groups in total. The van der Waals surface area contributed by atoms with Crippen molar-refractivity contribution < 1.29 is 9.53 Å². The number of nitrogens with one attached hydrogen (secondary N) is 1. The summed E-state index contributed by atoms with van der Waals surface area (Å²) in [6.07, 6.45) is 0.754. The lowest BCUT2D eigenvalue weighted by molar-refractivity contribution is -0.123. The highest BCUT2D eigenvalue weighted by molar-refractivity contribution is 5.83. The third-order valence-electron chi connectivity index (χ3n) is 3.72. The summed E-state index contributed by atoms with van der Waals surface area (Å²) in [6.45, 7) is 0.600. The molecule has 1 heterocycles. The number of rotatable bonds is 3. The van der Waals surface area contributed by atoms with Gasteiger partial charge in [-0.3, -0.25) is 4.79 Å². The second-order valence-corrected chi connectivity index (χ2v) is 5.12. The molecule has 1 aliphatic rings. The van der Waals surface area contributed by atoms with Crippen molar-refractivity contribution in [2.45, 2.75) is 18.5 Å². The molecule has 0 saturated carbocycles. The van der Waals surface area contributed by atoms with E-state index in [4.69, 9.17) is 10.5 Å². The molecule has 2 atom stereocenters. The van der Waals surface area contributed by atoms with Crippen molar-refractivity contribution in [1.82, 2.24) is 5.32 Å². The van der Waals surface area contributed by atoms with Gasteiger partial charge in [0.15, 0.2) is 0 Å². The summed E-state index contributed by atoms with van der Waals surface area (Å²) in [6, 6.07) is 16.5. The van der Waals surface area contributed by atoms with Gasteiger partial charge in [-0.15, -0.1) is 0 Å². The Bertz CT molecular complexity index is 628. The van der Waals surface area contributed by atoms with Crippen LogP contribution in [0.1, 0.15) is 29.6 Å². The van der Waals surface area contributed by atoms with Crippen LogP contribution in [-0.4, -0.2) is 12.5 Å². The lowest BCUT2D eigenvalue weighted by Gasteiger charge is -2.27. The van der Waals surface area contributed by atoms with Gasteiger partial charge in [-0.2, -0.15) is 0 Å². The van der Waals surface area contributed by atoms with E-state index < -0.39 is 6.04 Å². The summed E-state index contributed by atoms with van der Waals surface area (Å²) in [4.78, 5) is 12.3. The summed E-state index contributed by atoms with van der Waals surface area (Å²) in [5.74, 6) is 0.672. The molecule has 4 heteroatoms. The zero-order valence-electron chi connectivity index (χ0n) is 11.7. The third-order valence-corrected chi connectivity index (χ3v) is 3.72. The fourth-order valence-corrected chi connectivity index (χ4v) is 2.57. The fraction of sp³-hybridized carbons (Fsp3) is 0.235. The number of para-hydroxylation sites is 1. The monoisotopic (exact) mass is 282 g/mol. The number of carbonyl (C=O) groups is 1. The molecule has 0 radical (unpaired) electrons. The predicted octanol–water partition coefficient (Wildman–Crippen LogP) is 2.33. The Hall–Kier alpha value is -2.33. The molecule has 0 saturated heterocycles. The molecule has 3 rings (SSSR count). The third kappa shape index (κ3) is 2.90. The van der Waals surface area contributed by atoms with E-state index >= 15 is 0 Å². The van der Waals surface area contributed by atoms with Crippen LogP contribution in [0.5, 0.6) is 5.75 Å². The molecule has 1 unspecified atom stereocenters. The molecule has 108 valence electrons. The number of carbonyl (C=O) groups excluding carboxylic acids is 1. The van der Waals surface area contributed by atoms with E-state index in [0.717, 1.165) is 23.3 Å². The van der Waals surface area contributed by atoms with Gasteiger partial charge in [0.1, 0.15) is 11.8 Å². The highest BCUT2D eigenvalue weighted by atomic mass is 16.5. The average Bonchev–Trinajstić information content (AvgIpc) is 2.55. The molecule has 0 aliphatic carbocycles. The second kappa shape index (κ2) is 5.97. The molecule has 1 aliphatic heterocycles. The summed E-state index contributed by atoms with van der Waals surface area (Å²) in [5.41, 5.74) is 7.86. The second-order valence-electron chi connectivity index (χ2n) is 5.12. The molecule has 0 spiro atoms. The zero-order valence-corrected chi connectivity index (χ0v) is 11.7. The maximum absolute atomic E-state index is 12.3. The molecular formula is C17H18N2O2. The molecule has 1 amide bonds. The first-order valence-electron chi connectivity index (χ1n) is 7.08. The van der Waals surface area contributed by atoms with Gasteiger partial charge in [-0.05, 0) is 11.6 Å². The van der Waals surface area contributed by atoms with E-state index in [1.807, 2.05) is 54.6 Å². The minimum atomic E-state index is -0.652. The van der Waals surface area contributed by atoms with Crippen molar-refractivity contribution >= 4 is 5.91 Å². The van der Waals surface area contributed by atoms with Gasteiger partial charge < -0.3 is 15.8 Å². The summed E-state index contributed by atoms with van der Waals surface area (Å²) in [5, 5.41) is 3.03. The first-order chi connectivity index (χ1) is 10.3. The Balaban J connectivity index is 1.74. The lowest BCUT2D eigenvalue weighted by Crippen LogP contribution is -2.38. The molecule has 2 aromatic rings. The van der Waals surface area contributed by atoms with Crippen LogP contribution in [0, 0.1) is 0 Å². The van der Waals surface area contributed by atoms with Gasteiger partial charge in [0, 0.05) is 12.0 Å². The Morgan fingerprint density at radius 2 is 1.86 bits per heavy atom. The normalized spacial score (nSPS) is 18.2. The number of amides is 1. The lowest BCUT2D eigenvalue weighted by atomic mass is 9.99. The molecule has 21 heavy (non-hydrogen) atoms. The first kappa shape index (κ1) is 13.6. The van der Waals surface area contributed by atoms with Crippen molar-refractivity contribution in [3.63, 3.8) is 0 Å². The minimum absolute atomic E-state index is 0.0442. The molecule has 0 aromatic heterocycles. The van der Waals surface area contributed by atoms with E-state index in [2.05, 4.69) is 5.32 Å². The average molecular weight is 282 g/mol. The number of hydrogen-bond acceptors (Lipinski definition) is 3. The van der Waals surface area contributed by atoms with E-state index in [1.165, 1.54) is 0 Å². The van der Waals surface area contributed by atoms with Crippen LogP contribution in [0.2, 0.25) is 0 Å². The van der Waals surface area contributed by atoms with Crippen molar-refractivity contribution in [2.75, 3.05) is 6.61 Å². The Labute approximate surface area is 123 Å². The van der Waals surface area contributed by atoms with Crippen LogP contribution in [0.25, 0.3) is 0 Å². The van der Waals surface area contributed by atoms with Crippen LogP contribution in [0.3, 0.4) is 0 Å². The van der Waals surface area contributed by atoms with Crippen molar-refractivity contribution in [1.29, 1.82) is 0 Å². The number of ether oxygens (including phenoxy) is 1. The van der Waals surface area contributed by atoms with E-state index in [0.29, 0.717) is 6.61 Å². The topological polar surface area (TPSA) is 64.4 Å². The molecule has 0 bridgehead atoms. The molecule has 4 nitrogen and oxygen atoms in total. The Morgan fingerprint density at radius 1 is 1.14 bits per heavy atom. The zero-order chi connectivity index (χ0) is 14.7. The Morgan fingerprint density at radius 3 is 2.67 bits per heavy atom. The van der Waals surface area contributed by atoms with Gasteiger partial charge in [0.25, 0.3) is 0 Å². The van der Waals surface area contributed by atoms with Gasteiger partial charge in [0.05, 0.1) is 12.6 Å². The van der Waals surface area contributed by atoms with Gasteiger partial charge in [-0.25, -0.2) is 0 Å². The molecule has 2 aromatic carbocycles. The fourth-order valence-electron chi connectivity index (χ4n) is 2.57. The van der Waals surface area contributed by atoms with E-state index in [-0.39, 0.29) is 11.9 Å². The van der Waals surface area contributed by atoms with Crippen LogP contribution in [0.15, 0.2) is 54.6 Å². The van der Waals surface area contributed by atoms with Crippen molar-refractivity contribution in [2.24, 2.45) is 5.73 Å². The summed E-state index contributed by atoms with van der Waals surface area (Å²) < 4.78 is 5.60. The summed E-state index contributed by atoms with van der Waals surface area (Å²) in [7, 11) is 0. The van der Waals surface area contributed by atoms with Gasteiger partial charge in [0.2, 0.25) is 5.91 Å². The van der Waals surface area contributed by atoms with E-state index in [1.54, 1.807) is 0 Å². The SMILES string of the molecule is N[C@H](C(=O)NC1CCOc2ccccc21)c1ccccc1. The number of benzene rings is 2. The van der Waals surface area contributed by atoms with Crippen molar-refractivity contribution in [3.05, 3.63) is 65.7 Å². The van der Waals surface area contributed by atoms with Crippen molar-refractivity contribution in [3.8, 4) is 5.75 Å². The minimum Gasteiger partial charge on any atom is -0.493 e. The van der Waals surface area contributed by atoms with Crippen LogP contribution in [0.4, 0.5) is 0 Å². The number of fused-ring (bicyclic) bond motifs is 1. The predicted molar refractivity (Wildman–Crippen MR) is 80.8 cm³/mol. The largest absolute Gasteiger partial charge is 0.493 e. The number of nitrogens with two attached hydrogens (primary N) is 1. The van der Waals surface area contributed by atoms with Gasteiger partial charge >= 0.3 is 0 Å². The highest BCUT2D eigenvalue weighted by Gasteiger charge is 2.25. The molecule has 0 fully saturated rings. The maximum atomic E-state index is 12.3. The van der Waals surface area contributed by atoms with Crippen LogP contribution < -0.4 is 15.8 Å².